The smallest absolute Gasteiger partial charge is 0.420 e. The van der Waals surface area contributed by atoms with E-state index in [0.717, 1.165) is 13.2 Å². The molecule has 13 heteroatoms. The number of methoxy groups -OCH3 is 1. The van der Waals surface area contributed by atoms with E-state index in [1.54, 1.807) is 0 Å². The molecule has 1 saturated carbocycles. The molecule has 2 aliphatic rings. The molecule has 2 aromatic rings. The zero-order chi connectivity index (χ0) is 27.0. The lowest BCUT2D eigenvalue weighted by atomic mass is 9.90. The summed E-state index contributed by atoms with van der Waals surface area (Å²) < 4.78 is 82.3. The van der Waals surface area contributed by atoms with Gasteiger partial charge in [0.2, 0.25) is 5.92 Å². The van der Waals surface area contributed by atoms with Crippen molar-refractivity contribution in [3.05, 3.63) is 46.2 Å². The Hall–Kier alpha value is -2.31. The number of fused-ring (bicyclic) bond motifs is 1. The summed E-state index contributed by atoms with van der Waals surface area (Å²) in [4.78, 5) is 18.3. The minimum absolute atomic E-state index is 0.0187. The fraction of sp³-hybridized carbons (Fsp3) is 0.500. The van der Waals surface area contributed by atoms with Gasteiger partial charge in [0, 0.05) is 37.5 Å². The number of aromatic nitrogens is 1. The number of carbonyl (C=O) groups is 1. The standard InChI is InChI=1S/C24H25ClF5N3O3S/c1-32-9-10-33(15-5-7-23(26,27)8-6-15)17-11-16(24(28,29)30)18(12-19(17)37-32)36-13-14-3-4-20(25)31-21(14)22(34)35-2/h3-4,11-12,15H,5-10,13H2,1-2H3. The quantitative estimate of drug-likeness (QED) is 0.179. The van der Waals surface area contributed by atoms with Crippen LogP contribution in [0.4, 0.5) is 27.6 Å². The number of benzene rings is 1. The van der Waals surface area contributed by atoms with Gasteiger partial charge in [-0.3, -0.25) is 0 Å². The molecule has 0 N–H and O–H groups in total. The molecule has 37 heavy (non-hydrogen) atoms. The summed E-state index contributed by atoms with van der Waals surface area (Å²) in [5.74, 6) is -3.97. The van der Waals surface area contributed by atoms with E-state index in [-0.39, 0.29) is 48.1 Å². The molecular formula is C24H25ClF5N3O3S. The Morgan fingerprint density at radius 1 is 1.22 bits per heavy atom. The summed E-state index contributed by atoms with van der Waals surface area (Å²) >= 11 is 7.12. The molecular weight excluding hydrogens is 541 g/mol. The van der Waals surface area contributed by atoms with Crippen molar-refractivity contribution in [1.82, 2.24) is 9.29 Å². The van der Waals surface area contributed by atoms with Gasteiger partial charge in [-0.1, -0.05) is 17.7 Å². The Morgan fingerprint density at radius 2 is 1.92 bits per heavy atom. The molecule has 4 rings (SSSR count). The van der Waals surface area contributed by atoms with Crippen LogP contribution in [0.25, 0.3) is 0 Å². The van der Waals surface area contributed by atoms with Crippen LogP contribution in [-0.2, 0) is 17.5 Å². The van der Waals surface area contributed by atoms with Crippen LogP contribution in [-0.4, -0.2) is 54.5 Å². The first-order valence-corrected chi connectivity index (χ1v) is 12.7. The molecule has 0 radical (unpaired) electrons. The van der Waals surface area contributed by atoms with Crippen LogP contribution in [0.1, 0.15) is 47.3 Å². The number of rotatable bonds is 5. The number of ether oxygens (including phenoxy) is 2. The minimum Gasteiger partial charge on any atom is -0.488 e. The van der Waals surface area contributed by atoms with Crippen molar-refractivity contribution in [3.63, 3.8) is 0 Å². The molecule has 6 nitrogen and oxygen atoms in total. The van der Waals surface area contributed by atoms with Gasteiger partial charge in [0.25, 0.3) is 0 Å². The van der Waals surface area contributed by atoms with Gasteiger partial charge < -0.3 is 14.4 Å². The second kappa shape index (κ2) is 10.8. The molecule has 1 aliphatic heterocycles. The fourth-order valence-corrected chi connectivity index (χ4v) is 5.58. The molecule has 1 fully saturated rings. The number of likely N-dealkylation sites (N-methyl/N-ethyl adjacent to an activating group) is 1. The lowest BCUT2D eigenvalue weighted by Crippen LogP contribution is -2.43. The Kier molecular flexibility index (Phi) is 8.10. The van der Waals surface area contributed by atoms with E-state index in [2.05, 4.69) is 9.72 Å². The lowest BCUT2D eigenvalue weighted by molar-refractivity contribution is -0.139. The maximum Gasteiger partial charge on any atom is 0.420 e. The predicted molar refractivity (Wildman–Crippen MR) is 129 cm³/mol. The van der Waals surface area contributed by atoms with Crippen LogP contribution < -0.4 is 9.64 Å². The zero-order valence-electron chi connectivity index (χ0n) is 20.1. The molecule has 0 saturated heterocycles. The van der Waals surface area contributed by atoms with E-state index in [4.69, 9.17) is 16.3 Å². The van der Waals surface area contributed by atoms with Crippen molar-refractivity contribution in [2.24, 2.45) is 0 Å². The van der Waals surface area contributed by atoms with Crippen molar-refractivity contribution in [2.45, 2.75) is 55.3 Å². The third-order valence-electron chi connectivity index (χ3n) is 6.42. The number of alkyl halides is 5. The third-order valence-corrected chi connectivity index (χ3v) is 7.65. The van der Waals surface area contributed by atoms with Gasteiger partial charge in [-0.05, 0) is 50.0 Å². The topological polar surface area (TPSA) is 54.9 Å². The molecule has 1 aromatic carbocycles. The number of carbonyl (C=O) groups excluding carboxylic acids is 1. The van der Waals surface area contributed by atoms with E-state index in [1.807, 2.05) is 16.3 Å². The SMILES string of the molecule is COC(=O)c1nc(Cl)ccc1COc1cc2c(cc1C(F)(F)F)N(C1CCC(F)(F)CC1)CCN(C)S2. The van der Waals surface area contributed by atoms with E-state index < -0.39 is 36.0 Å². The summed E-state index contributed by atoms with van der Waals surface area (Å²) in [6.07, 6.45) is -4.95. The van der Waals surface area contributed by atoms with Crippen molar-refractivity contribution < 1.29 is 36.2 Å². The van der Waals surface area contributed by atoms with E-state index in [9.17, 15) is 26.7 Å². The van der Waals surface area contributed by atoms with Crippen LogP contribution in [0.3, 0.4) is 0 Å². The van der Waals surface area contributed by atoms with Crippen LogP contribution in [0.2, 0.25) is 5.15 Å². The van der Waals surface area contributed by atoms with Crippen LogP contribution >= 0.6 is 23.5 Å². The summed E-state index contributed by atoms with van der Waals surface area (Å²) in [5, 5.41) is 0.0187. The number of nitrogens with zero attached hydrogens (tertiary/aromatic N) is 3. The highest BCUT2D eigenvalue weighted by Gasteiger charge is 2.40. The van der Waals surface area contributed by atoms with Crippen molar-refractivity contribution in [1.29, 1.82) is 0 Å². The number of hydrogen-bond acceptors (Lipinski definition) is 7. The van der Waals surface area contributed by atoms with Gasteiger partial charge in [-0.25, -0.2) is 22.9 Å². The minimum atomic E-state index is -4.75. The number of pyridine rings is 1. The molecule has 202 valence electrons. The second-order valence-electron chi connectivity index (χ2n) is 8.96. The number of hydrogen-bond donors (Lipinski definition) is 0. The van der Waals surface area contributed by atoms with Gasteiger partial charge in [0.05, 0.1) is 23.3 Å². The number of halogens is 6. The van der Waals surface area contributed by atoms with Gasteiger partial charge in [0.15, 0.2) is 5.69 Å². The van der Waals surface area contributed by atoms with Crippen molar-refractivity contribution >= 4 is 35.2 Å². The normalized spacial score (nSPS) is 18.8. The summed E-state index contributed by atoms with van der Waals surface area (Å²) in [6, 6.07) is 4.88. The Bertz CT molecular complexity index is 1160. The van der Waals surface area contributed by atoms with E-state index in [0.29, 0.717) is 23.7 Å². The van der Waals surface area contributed by atoms with E-state index >= 15 is 0 Å². The lowest BCUT2D eigenvalue weighted by Gasteiger charge is -2.38. The average molecular weight is 566 g/mol. The van der Waals surface area contributed by atoms with Gasteiger partial charge in [-0.2, -0.15) is 13.2 Å². The molecule has 1 aromatic heterocycles. The van der Waals surface area contributed by atoms with Crippen molar-refractivity contribution in [2.75, 3.05) is 32.1 Å². The molecule has 2 heterocycles. The Morgan fingerprint density at radius 3 is 2.57 bits per heavy atom. The molecule has 0 atom stereocenters. The predicted octanol–water partition coefficient (Wildman–Crippen LogP) is 6.46. The van der Waals surface area contributed by atoms with Crippen LogP contribution in [0.15, 0.2) is 29.2 Å². The van der Waals surface area contributed by atoms with Crippen LogP contribution in [0, 0.1) is 0 Å². The fourth-order valence-electron chi connectivity index (χ4n) is 4.50. The van der Waals surface area contributed by atoms with Gasteiger partial charge in [0.1, 0.15) is 17.5 Å². The Balaban J connectivity index is 1.70. The first kappa shape index (κ1) is 27.7. The molecule has 0 bridgehead atoms. The third kappa shape index (κ3) is 6.40. The molecule has 0 unspecified atom stereocenters. The molecule has 0 amide bonds. The molecule has 0 spiro atoms. The maximum atomic E-state index is 14.2. The highest BCUT2D eigenvalue weighted by atomic mass is 35.5. The summed E-state index contributed by atoms with van der Waals surface area (Å²) in [7, 11) is 2.96. The Labute approximate surface area is 220 Å². The van der Waals surface area contributed by atoms with Crippen molar-refractivity contribution in [3.8, 4) is 5.75 Å². The molecule has 1 aliphatic carbocycles. The average Bonchev–Trinajstić information content (AvgIpc) is 2.99. The summed E-state index contributed by atoms with van der Waals surface area (Å²) in [6.45, 7) is 0.546. The van der Waals surface area contributed by atoms with Gasteiger partial charge in [-0.15, -0.1) is 0 Å². The first-order valence-electron chi connectivity index (χ1n) is 11.5. The van der Waals surface area contributed by atoms with Gasteiger partial charge >= 0.3 is 12.1 Å². The first-order chi connectivity index (χ1) is 17.4. The summed E-state index contributed by atoms with van der Waals surface area (Å²) in [5.41, 5.74) is -0.613. The monoisotopic (exact) mass is 565 g/mol. The zero-order valence-corrected chi connectivity index (χ0v) is 21.7. The highest BCUT2D eigenvalue weighted by Crippen LogP contribution is 2.47. The number of esters is 1. The maximum absolute atomic E-state index is 14.2. The van der Waals surface area contributed by atoms with E-state index in [1.165, 1.54) is 30.1 Å². The second-order valence-corrected chi connectivity index (χ2v) is 10.6. The largest absolute Gasteiger partial charge is 0.488 e. The van der Waals surface area contributed by atoms with Crippen LogP contribution in [0.5, 0.6) is 5.75 Å². The number of anilines is 1. The highest BCUT2D eigenvalue weighted by molar-refractivity contribution is 7.97.